The van der Waals surface area contributed by atoms with E-state index >= 15 is 0 Å². The van der Waals surface area contributed by atoms with Gasteiger partial charge in [-0.1, -0.05) is 51.3 Å². The summed E-state index contributed by atoms with van der Waals surface area (Å²) in [6.45, 7) is 5.05. The van der Waals surface area contributed by atoms with Crippen molar-refractivity contribution in [3.63, 3.8) is 0 Å². The Labute approximate surface area is 237 Å². The molecule has 39 heavy (non-hydrogen) atoms. The molecule has 0 heterocycles. The van der Waals surface area contributed by atoms with E-state index in [4.69, 9.17) is 0 Å². The average molecular weight is 557 g/mol. The van der Waals surface area contributed by atoms with Crippen LogP contribution in [0.5, 0.6) is 0 Å². The summed E-state index contributed by atoms with van der Waals surface area (Å²) in [6.07, 6.45) is 16.1. The van der Waals surface area contributed by atoms with Gasteiger partial charge in [0.25, 0.3) is 0 Å². The Morgan fingerprint density at radius 3 is 2.28 bits per heavy atom. The first-order valence-corrected chi connectivity index (χ1v) is 17.8. The predicted molar refractivity (Wildman–Crippen MR) is 156 cm³/mol. The van der Waals surface area contributed by atoms with Crippen LogP contribution in [0.25, 0.3) is 0 Å². The van der Waals surface area contributed by atoms with Crippen molar-refractivity contribution in [2.75, 3.05) is 0 Å². The van der Waals surface area contributed by atoms with E-state index in [1.54, 1.807) is 12.1 Å². The standard InChI is InChI=1S/C34H52O4S/c1-32-19-15-26(35)21-24(32)11-13-29-30-14-12-25(33(30,2)20-16-31(29)32)22-28(23-34(36)17-7-4-8-18-34)39(37,38)27-9-5-3-6-10-27/h3,5-6,9-10,24-26,28-31,35-36H,4,7-8,11-23H2,1-2H3/t24?,25?,26-,28?,29?,30?,31?,32?,33?/m0/s1. The van der Waals surface area contributed by atoms with Crippen molar-refractivity contribution in [2.45, 2.75) is 138 Å². The van der Waals surface area contributed by atoms with Gasteiger partial charge in [-0.3, -0.25) is 0 Å². The molecule has 5 saturated carbocycles. The van der Waals surface area contributed by atoms with E-state index in [2.05, 4.69) is 13.8 Å². The number of sulfone groups is 1. The van der Waals surface area contributed by atoms with Gasteiger partial charge in [-0.15, -0.1) is 0 Å². The van der Waals surface area contributed by atoms with Gasteiger partial charge in [-0.05, 0) is 136 Å². The number of aliphatic hydroxyl groups is 2. The summed E-state index contributed by atoms with van der Waals surface area (Å²) in [5, 5.41) is 21.4. The van der Waals surface area contributed by atoms with Crippen LogP contribution in [-0.2, 0) is 9.84 Å². The maximum absolute atomic E-state index is 14.1. The fourth-order valence-electron chi connectivity index (χ4n) is 11.0. The Hall–Kier alpha value is -0.910. The quantitative estimate of drug-likeness (QED) is 0.385. The largest absolute Gasteiger partial charge is 0.393 e. The Bertz CT molecular complexity index is 1110. The molecule has 1 aromatic carbocycles. The fraction of sp³-hybridized carbons (Fsp3) is 0.824. The van der Waals surface area contributed by atoms with Gasteiger partial charge in [0.1, 0.15) is 0 Å². The third-order valence-corrected chi connectivity index (χ3v) is 15.5. The molecule has 2 N–H and O–H groups in total. The summed E-state index contributed by atoms with van der Waals surface area (Å²) < 4.78 is 28.2. The second-order valence-corrected chi connectivity index (χ2v) is 17.3. The molecule has 0 saturated heterocycles. The van der Waals surface area contributed by atoms with Crippen molar-refractivity contribution < 1.29 is 18.6 Å². The lowest BCUT2D eigenvalue weighted by Gasteiger charge is -2.61. The zero-order valence-electron chi connectivity index (χ0n) is 24.4. The molecule has 4 nitrogen and oxygen atoms in total. The number of aliphatic hydroxyl groups excluding tert-OH is 1. The van der Waals surface area contributed by atoms with Gasteiger partial charge in [-0.25, -0.2) is 8.42 Å². The van der Waals surface area contributed by atoms with Crippen LogP contribution in [0.4, 0.5) is 0 Å². The van der Waals surface area contributed by atoms with Crippen molar-refractivity contribution in [3.05, 3.63) is 30.3 Å². The Kier molecular flexibility index (Phi) is 7.54. The molecule has 5 aliphatic carbocycles. The van der Waals surface area contributed by atoms with E-state index in [0.29, 0.717) is 40.9 Å². The monoisotopic (exact) mass is 556 g/mol. The molecule has 0 spiro atoms. The van der Waals surface area contributed by atoms with Gasteiger partial charge >= 0.3 is 0 Å². The van der Waals surface area contributed by atoms with E-state index in [-0.39, 0.29) is 11.5 Å². The van der Waals surface area contributed by atoms with Crippen LogP contribution in [0, 0.1) is 40.4 Å². The molecule has 0 radical (unpaired) electrons. The summed E-state index contributed by atoms with van der Waals surface area (Å²) in [5.41, 5.74) is -0.289. The molecule has 6 rings (SSSR count). The summed E-state index contributed by atoms with van der Waals surface area (Å²) >= 11 is 0. The van der Waals surface area contributed by atoms with Crippen LogP contribution >= 0.6 is 0 Å². The third-order valence-electron chi connectivity index (χ3n) is 13.3. The summed E-state index contributed by atoms with van der Waals surface area (Å²) in [7, 11) is -3.53. The lowest BCUT2D eigenvalue weighted by Crippen LogP contribution is -2.54. The van der Waals surface area contributed by atoms with Crippen LogP contribution in [-0.4, -0.2) is 35.6 Å². The van der Waals surface area contributed by atoms with Crippen molar-refractivity contribution in [3.8, 4) is 0 Å². The fourth-order valence-corrected chi connectivity index (χ4v) is 12.9. The predicted octanol–water partition coefficient (Wildman–Crippen LogP) is 7.32. The zero-order valence-corrected chi connectivity index (χ0v) is 25.2. The minimum Gasteiger partial charge on any atom is -0.393 e. The van der Waals surface area contributed by atoms with Gasteiger partial charge in [0.2, 0.25) is 0 Å². The van der Waals surface area contributed by atoms with E-state index in [9.17, 15) is 18.6 Å². The SMILES string of the molecule is CC12CCC3C(CCC4C[C@@H](O)CCC43C)C1CCC2CC(CC1(O)CCCCC1)S(=O)(=O)c1ccccc1. The molecular weight excluding hydrogens is 504 g/mol. The molecule has 1 aromatic rings. The van der Waals surface area contributed by atoms with Crippen molar-refractivity contribution in [2.24, 2.45) is 40.4 Å². The average Bonchev–Trinajstić information content (AvgIpc) is 3.25. The summed E-state index contributed by atoms with van der Waals surface area (Å²) in [5.74, 6) is 3.26. The molecule has 5 aliphatic rings. The van der Waals surface area contributed by atoms with Crippen LogP contribution in [0.3, 0.4) is 0 Å². The Balaban J connectivity index is 1.25. The topological polar surface area (TPSA) is 74.6 Å². The van der Waals surface area contributed by atoms with E-state index in [1.165, 1.54) is 38.5 Å². The maximum Gasteiger partial charge on any atom is 0.181 e. The second kappa shape index (κ2) is 10.4. The van der Waals surface area contributed by atoms with Crippen LogP contribution in [0.1, 0.15) is 117 Å². The molecule has 218 valence electrons. The van der Waals surface area contributed by atoms with Gasteiger partial charge in [-0.2, -0.15) is 0 Å². The number of fused-ring (bicyclic) bond motifs is 5. The highest BCUT2D eigenvalue weighted by molar-refractivity contribution is 7.92. The lowest BCUT2D eigenvalue weighted by molar-refractivity contribution is -0.127. The van der Waals surface area contributed by atoms with Crippen molar-refractivity contribution in [1.29, 1.82) is 0 Å². The molecule has 0 aromatic heterocycles. The minimum absolute atomic E-state index is 0.105. The van der Waals surface area contributed by atoms with Crippen molar-refractivity contribution in [1.82, 2.24) is 0 Å². The first kappa shape index (κ1) is 28.2. The molecule has 8 unspecified atom stereocenters. The summed E-state index contributed by atoms with van der Waals surface area (Å²) in [6, 6.07) is 9.03. The van der Waals surface area contributed by atoms with Gasteiger partial charge in [0, 0.05) is 0 Å². The number of hydrogen-bond acceptors (Lipinski definition) is 4. The molecule has 5 heteroatoms. The van der Waals surface area contributed by atoms with Gasteiger partial charge in [0.05, 0.1) is 21.9 Å². The minimum atomic E-state index is -3.53. The lowest BCUT2D eigenvalue weighted by atomic mass is 9.44. The zero-order chi connectivity index (χ0) is 27.5. The molecule has 0 bridgehead atoms. The van der Waals surface area contributed by atoms with Crippen molar-refractivity contribution >= 4 is 9.84 Å². The van der Waals surface area contributed by atoms with E-state index in [0.717, 1.165) is 63.2 Å². The molecule has 5 fully saturated rings. The maximum atomic E-state index is 14.1. The van der Waals surface area contributed by atoms with E-state index < -0.39 is 20.7 Å². The first-order chi connectivity index (χ1) is 18.6. The smallest absolute Gasteiger partial charge is 0.181 e. The second-order valence-electron chi connectivity index (χ2n) is 15.1. The number of rotatable bonds is 6. The highest BCUT2D eigenvalue weighted by atomic mass is 32.2. The Morgan fingerprint density at radius 1 is 0.846 bits per heavy atom. The Morgan fingerprint density at radius 2 is 1.54 bits per heavy atom. The number of benzene rings is 1. The van der Waals surface area contributed by atoms with Gasteiger partial charge in [0.15, 0.2) is 9.84 Å². The third kappa shape index (κ3) is 4.95. The van der Waals surface area contributed by atoms with Crippen LogP contribution in [0.2, 0.25) is 0 Å². The van der Waals surface area contributed by atoms with Gasteiger partial charge < -0.3 is 10.2 Å². The number of hydrogen-bond donors (Lipinski definition) is 2. The molecular formula is C34H52O4S. The van der Waals surface area contributed by atoms with Crippen LogP contribution < -0.4 is 0 Å². The normalized spacial score (nSPS) is 42.7. The molecule has 0 aliphatic heterocycles. The summed E-state index contributed by atoms with van der Waals surface area (Å²) in [4.78, 5) is 0.420. The van der Waals surface area contributed by atoms with Crippen LogP contribution in [0.15, 0.2) is 35.2 Å². The first-order valence-electron chi connectivity index (χ1n) is 16.2. The molecule has 9 atom stereocenters. The highest BCUT2D eigenvalue weighted by Gasteiger charge is 2.60. The van der Waals surface area contributed by atoms with E-state index in [1.807, 2.05) is 18.2 Å². The highest BCUT2D eigenvalue weighted by Crippen LogP contribution is 2.68. The molecule has 0 amide bonds.